The predicted molar refractivity (Wildman–Crippen MR) is 55.8 cm³/mol. The molecule has 72 valence electrons. The summed E-state index contributed by atoms with van der Waals surface area (Å²) in [6.45, 7) is -0.0359. The van der Waals surface area contributed by atoms with E-state index in [9.17, 15) is 0 Å². The van der Waals surface area contributed by atoms with Crippen LogP contribution in [-0.4, -0.2) is 16.7 Å². The maximum atomic E-state index is 8.92. The highest BCUT2D eigenvalue weighted by atomic mass is 16.3. The number of aliphatic hydroxyl groups excluding tert-OH is 1. The molecular weight excluding hydrogens is 176 g/mol. The predicted octanol–water partition coefficient (Wildman–Crippen LogP) is 1.23. The number of benzene rings is 1. The Morgan fingerprint density at radius 3 is 2.93 bits per heavy atom. The molecule has 0 aliphatic carbocycles. The van der Waals surface area contributed by atoms with Gasteiger partial charge >= 0.3 is 0 Å². The summed E-state index contributed by atoms with van der Waals surface area (Å²) >= 11 is 0. The van der Waals surface area contributed by atoms with Gasteiger partial charge in [0.1, 0.15) is 0 Å². The first-order valence-corrected chi connectivity index (χ1v) is 4.51. The van der Waals surface area contributed by atoms with E-state index in [0.29, 0.717) is 0 Å². The second kappa shape index (κ2) is 3.74. The average molecular weight is 188 g/mol. The fraction of sp³-hybridized carbons (Fsp3) is 0.182. The largest absolute Gasteiger partial charge is 0.394 e. The van der Waals surface area contributed by atoms with Gasteiger partial charge in [0.2, 0.25) is 0 Å². The van der Waals surface area contributed by atoms with Gasteiger partial charge in [-0.15, -0.1) is 0 Å². The quantitative estimate of drug-likeness (QED) is 0.745. The molecule has 3 heteroatoms. The van der Waals surface area contributed by atoms with E-state index in [-0.39, 0.29) is 12.6 Å². The second-order valence-electron chi connectivity index (χ2n) is 3.27. The molecule has 2 rings (SSSR count). The third kappa shape index (κ3) is 1.60. The highest BCUT2D eigenvalue weighted by Crippen LogP contribution is 2.17. The Bertz CT molecular complexity index is 442. The first-order chi connectivity index (χ1) is 6.81. The molecule has 2 aromatic rings. The van der Waals surface area contributed by atoms with Crippen molar-refractivity contribution >= 4 is 10.8 Å². The van der Waals surface area contributed by atoms with E-state index in [1.54, 1.807) is 12.4 Å². The van der Waals surface area contributed by atoms with Gasteiger partial charge in [0.25, 0.3) is 0 Å². The summed E-state index contributed by atoms with van der Waals surface area (Å²) in [5.74, 6) is 0. The first-order valence-electron chi connectivity index (χ1n) is 4.51. The van der Waals surface area contributed by atoms with E-state index < -0.39 is 0 Å². The number of rotatable bonds is 2. The highest BCUT2D eigenvalue weighted by molar-refractivity contribution is 5.82. The summed E-state index contributed by atoms with van der Waals surface area (Å²) in [6, 6.07) is 7.53. The van der Waals surface area contributed by atoms with Crippen LogP contribution in [0.1, 0.15) is 11.6 Å². The number of pyridine rings is 1. The lowest BCUT2D eigenvalue weighted by molar-refractivity contribution is 0.268. The Hall–Kier alpha value is -1.45. The van der Waals surface area contributed by atoms with Crippen LogP contribution in [0.15, 0.2) is 36.7 Å². The van der Waals surface area contributed by atoms with Gasteiger partial charge < -0.3 is 10.8 Å². The standard InChI is InChI=1S/C11H12N2O/c12-11(7-14)9-2-1-8-3-4-13-6-10(8)5-9/h1-6,11,14H,7,12H2. The van der Waals surface area contributed by atoms with Crippen molar-refractivity contribution in [3.8, 4) is 0 Å². The number of nitrogens with two attached hydrogens (primary N) is 1. The molecule has 0 amide bonds. The van der Waals surface area contributed by atoms with Crippen molar-refractivity contribution in [2.24, 2.45) is 5.73 Å². The molecular formula is C11H12N2O. The van der Waals surface area contributed by atoms with Gasteiger partial charge in [-0.1, -0.05) is 12.1 Å². The van der Waals surface area contributed by atoms with E-state index in [1.807, 2.05) is 24.3 Å². The van der Waals surface area contributed by atoms with Crippen molar-refractivity contribution in [1.29, 1.82) is 0 Å². The Morgan fingerprint density at radius 1 is 1.29 bits per heavy atom. The summed E-state index contributed by atoms with van der Waals surface area (Å²) in [4.78, 5) is 4.04. The van der Waals surface area contributed by atoms with Gasteiger partial charge in [-0.2, -0.15) is 0 Å². The summed E-state index contributed by atoms with van der Waals surface area (Å²) in [7, 11) is 0. The zero-order chi connectivity index (χ0) is 9.97. The molecule has 14 heavy (non-hydrogen) atoms. The minimum atomic E-state index is -0.306. The van der Waals surface area contributed by atoms with E-state index in [1.165, 1.54) is 0 Å². The van der Waals surface area contributed by atoms with E-state index in [4.69, 9.17) is 10.8 Å². The van der Waals surface area contributed by atoms with Crippen LogP contribution in [0.5, 0.6) is 0 Å². The fourth-order valence-electron chi connectivity index (χ4n) is 1.44. The van der Waals surface area contributed by atoms with Crippen molar-refractivity contribution in [3.05, 3.63) is 42.2 Å². The van der Waals surface area contributed by atoms with E-state index in [2.05, 4.69) is 4.98 Å². The van der Waals surface area contributed by atoms with Gasteiger partial charge in [-0.25, -0.2) is 0 Å². The Balaban J connectivity index is 2.51. The summed E-state index contributed by atoms with van der Waals surface area (Å²) < 4.78 is 0. The molecule has 0 aliphatic rings. The maximum absolute atomic E-state index is 8.92. The van der Waals surface area contributed by atoms with Gasteiger partial charge in [0.05, 0.1) is 12.6 Å². The number of nitrogens with zero attached hydrogens (tertiary/aromatic N) is 1. The minimum absolute atomic E-state index is 0.0359. The number of aliphatic hydroxyl groups is 1. The fourth-order valence-corrected chi connectivity index (χ4v) is 1.44. The molecule has 1 aromatic carbocycles. The van der Waals surface area contributed by atoms with E-state index in [0.717, 1.165) is 16.3 Å². The normalized spacial score (nSPS) is 13.0. The molecule has 3 N–H and O–H groups in total. The van der Waals surface area contributed by atoms with Crippen LogP contribution >= 0.6 is 0 Å². The lowest BCUT2D eigenvalue weighted by Gasteiger charge is -2.08. The molecule has 0 fully saturated rings. The van der Waals surface area contributed by atoms with Gasteiger partial charge in [0, 0.05) is 17.8 Å². The minimum Gasteiger partial charge on any atom is -0.394 e. The molecule has 0 aliphatic heterocycles. The third-order valence-electron chi connectivity index (χ3n) is 2.29. The van der Waals surface area contributed by atoms with Crippen molar-refractivity contribution in [2.75, 3.05) is 6.61 Å². The zero-order valence-corrected chi connectivity index (χ0v) is 7.72. The molecule has 1 unspecified atom stereocenters. The molecule has 3 nitrogen and oxygen atoms in total. The van der Waals surface area contributed by atoms with Gasteiger partial charge in [-0.3, -0.25) is 4.98 Å². The molecule has 0 radical (unpaired) electrons. The number of hydrogen-bond donors (Lipinski definition) is 2. The van der Waals surface area contributed by atoms with Crippen LogP contribution in [0.2, 0.25) is 0 Å². The summed E-state index contributed by atoms with van der Waals surface area (Å²) in [5, 5.41) is 11.1. The highest BCUT2D eigenvalue weighted by Gasteiger charge is 2.04. The lowest BCUT2D eigenvalue weighted by Crippen LogP contribution is -2.14. The zero-order valence-electron chi connectivity index (χ0n) is 7.72. The molecule has 1 heterocycles. The number of aromatic nitrogens is 1. The van der Waals surface area contributed by atoms with Gasteiger partial charge in [-0.05, 0) is 23.1 Å². The Morgan fingerprint density at radius 2 is 2.14 bits per heavy atom. The number of fused-ring (bicyclic) bond motifs is 1. The van der Waals surface area contributed by atoms with Crippen LogP contribution in [0, 0.1) is 0 Å². The molecule has 0 saturated carbocycles. The van der Waals surface area contributed by atoms with Crippen molar-refractivity contribution in [3.63, 3.8) is 0 Å². The van der Waals surface area contributed by atoms with Crippen LogP contribution in [-0.2, 0) is 0 Å². The van der Waals surface area contributed by atoms with Gasteiger partial charge in [0.15, 0.2) is 0 Å². The van der Waals surface area contributed by atoms with Crippen molar-refractivity contribution in [2.45, 2.75) is 6.04 Å². The molecule has 0 spiro atoms. The SMILES string of the molecule is NC(CO)c1ccc2ccncc2c1. The second-order valence-corrected chi connectivity index (χ2v) is 3.27. The van der Waals surface area contributed by atoms with Crippen LogP contribution in [0.3, 0.4) is 0 Å². The van der Waals surface area contributed by atoms with Crippen molar-refractivity contribution in [1.82, 2.24) is 4.98 Å². The lowest BCUT2D eigenvalue weighted by atomic mass is 10.0. The molecule has 1 atom stereocenters. The van der Waals surface area contributed by atoms with Crippen LogP contribution in [0.4, 0.5) is 0 Å². The molecule has 0 saturated heterocycles. The molecule has 0 bridgehead atoms. The smallest absolute Gasteiger partial charge is 0.0624 e. The molecule has 1 aromatic heterocycles. The number of hydrogen-bond acceptors (Lipinski definition) is 3. The van der Waals surface area contributed by atoms with Crippen LogP contribution < -0.4 is 5.73 Å². The maximum Gasteiger partial charge on any atom is 0.0624 e. The van der Waals surface area contributed by atoms with Crippen molar-refractivity contribution < 1.29 is 5.11 Å². The van der Waals surface area contributed by atoms with Crippen LogP contribution in [0.25, 0.3) is 10.8 Å². The Labute approximate surface area is 82.2 Å². The Kier molecular flexibility index (Phi) is 2.43. The average Bonchev–Trinajstić information content (AvgIpc) is 2.27. The topological polar surface area (TPSA) is 59.1 Å². The first kappa shape index (κ1) is 9.12. The summed E-state index contributed by atoms with van der Waals surface area (Å²) in [6.07, 6.45) is 3.55. The monoisotopic (exact) mass is 188 g/mol. The summed E-state index contributed by atoms with van der Waals surface area (Å²) in [5.41, 5.74) is 6.65. The van der Waals surface area contributed by atoms with E-state index >= 15 is 0 Å². The third-order valence-corrected chi connectivity index (χ3v) is 2.29.